The normalized spacial score (nSPS) is 16.7. The third kappa shape index (κ3) is 3.09. The average Bonchev–Trinajstić information content (AvgIpc) is 3.32. The minimum absolute atomic E-state index is 0.0918. The first-order chi connectivity index (χ1) is 14.1. The lowest BCUT2D eigenvalue weighted by atomic mass is 10.1. The molecule has 0 saturated carbocycles. The molecule has 1 atom stereocenters. The van der Waals surface area contributed by atoms with Crippen molar-refractivity contribution in [2.75, 3.05) is 23.3 Å². The molecule has 0 fully saturated rings. The van der Waals surface area contributed by atoms with Gasteiger partial charge in [-0.25, -0.2) is 4.39 Å². The number of benzene rings is 2. The van der Waals surface area contributed by atoms with Gasteiger partial charge in [-0.05, 0) is 48.4 Å². The van der Waals surface area contributed by atoms with Crippen LogP contribution in [0.25, 0.3) is 10.4 Å². The van der Waals surface area contributed by atoms with Crippen molar-refractivity contribution in [1.29, 1.82) is 0 Å². The summed E-state index contributed by atoms with van der Waals surface area (Å²) < 4.78 is 19.7. The number of hydrogen-bond donors (Lipinski definition) is 1. The summed E-state index contributed by atoms with van der Waals surface area (Å²) in [6.45, 7) is 5.21. The number of anilines is 2. The molecule has 3 aromatic rings. The lowest BCUT2D eigenvalue weighted by Crippen LogP contribution is -2.30. The van der Waals surface area contributed by atoms with Gasteiger partial charge in [0.2, 0.25) is 12.0 Å². The van der Waals surface area contributed by atoms with E-state index in [2.05, 4.69) is 16.8 Å². The maximum atomic E-state index is 14.0. The molecule has 0 bridgehead atoms. The molecule has 29 heavy (non-hydrogen) atoms. The third-order valence-corrected chi connectivity index (χ3v) is 6.48. The molecule has 1 unspecified atom stereocenters. The van der Waals surface area contributed by atoms with Crippen LogP contribution in [0.1, 0.15) is 15.2 Å². The van der Waals surface area contributed by atoms with Gasteiger partial charge >= 0.3 is 0 Å². The van der Waals surface area contributed by atoms with Crippen LogP contribution in [-0.4, -0.2) is 25.1 Å². The Hall–Kier alpha value is -3.12. The van der Waals surface area contributed by atoms with Gasteiger partial charge in [0.1, 0.15) is 11.6 Å². The number of ether oxygens (including phenoxy) is 1. The molecule has 0 amide bonds. The molecule has 2 aliphatic rings. The highest BCUT2D eigenvalue weighted by Crippen LogP contribution is 2.42. The van der Waals surface area contributed by atoms with Crippen LogP contribution in [-0.2, 0) is 6.42 Å². The summed E-state index contributed by atoms with van der Waals surface area (Å²) in [5, 5.41) is 3.14. The van der Waals surface area contributed by atoms with Crippen molar-refractivity contribution in [3.63, 3.8) is 0 Å². The number of halogens is 1. The van der Waals surface area contributed by atoms with Crippen molar-refractivity contribution in [2.45, 2.75) is 12.6 Å². The van der Waals surface area contributed by atoms with Crippen molar-refractivity contribution < 1.29 is 13.9 Å². The van der Waals surface area contributed by atoms with Crippen LogP contribution in [0.2, 0.25) is 0 Å². The van der Waals surface area contributed by atoms with Crippen molar-refractivity contribution in [1.82, 2.24) is 0 Å². The summed E-state index contributed by atoms with van der Waals surface area (Å²) in [6.07, 6.45) is 1.88. The molecule has 5 rings (SSSR count). The molecule has 0 saturated heterocycles. The minimum atomic E-state index is -0.723. The summed E-state index contributed by atoms with van der Waals surface area (Å²) >= 11 is 1.45. The van der Waals surface area contributed by atoms with Crippen molar-refractivity contribution >= 4 is 28.5 Å². The second-order valence-corrected chi connectivity index (χ2v) is 8.17. The molecule has 146 valence electrons. The van der Waals surface area contributed by atoms with Crippen molar-refractivity contribution in [3.05, 3.63) is 77.4 Å². The van der Waals surface area contributed by atoms with E-state index in [1.54, 1.807) is 12.1 Å². The van der Waals surface area contributed by atoms with Gasteiger partial charge in [-0.3, -0.25) is 4.79 Å². The maximum absolute atomic E-state index is 14.0. The predicted molar refractivity (Wildman–Crippen MR) is 115 cm³/mol. The molecule has 2 aromatic carbocycles. The third-order valence-electron chi connectivity index (χ3n) is 5.25. The summed E-state index contributed by atoms with van der Waals surface area (Å²) in [4.78, 5) is 16.9. The first kappa shape index (κ1) is 17.9. The van der Waals surface area contributed by atoms with Crippen LogP contribution in [0.4, 0.5) is 15.8 Å². The number of para-hydroxylation sites is 2. The van der Waals surface area contributed by atoms with Gasteiger partial charge in [0, 0.05) is 29.2 Å². The Bertz CT molecular complexity index is 1100. The Morgan fingerprint density at radius 2 is 2.17 bits per heavy atom. The molecule has 4 nitrogen and oxygen atoms in total. The lowest BCUT2D eigenvalue weighted by molar-refractivity contribution is 0.0853. The Balaban J connectivity index is 1.50. The molecular formula is C23H19FN2O2S. The van der Waals surface area contributed by atoms with Crippen LogP contribution < -0.4 is 15.0 Å². The van der Waals surface area contributed by atoms with E-state index in [9.17, 15) is 9.18 Å². The number of rotatable bonds is 4. The van der Waals surface area contributed by atoms with Crippen LogP contribution in [0.5, 0.6) is 5.75 Å². The van der Waals surface area contributed by atoms with E-state index < -0.39 is 6.23 Å². The van der Waals surface area contributed by atoms with Crippen LogP contribution >= 0.6 is 11.3 Å². The number of hydrogen-bond acceptors (Lipinski definition) is 5. The molecule has 0 aliphatic carbocycles. The van der Waals surface area contributed by atoms with E-state index in [0.29, 0.717) is 17.2 Å². The second kappa shape index (κ2) is 7.04. The quantitative estimate of drug-likeness (QED) is 0.483. The van der Waals surface area contributed by atoms with Gasteiger partial charge in [-0.2, -0.15) is 0 Å². The van der Waals surface area contributed by atoms with E-state index in [1.165, 1.54) is 17.4 Å². The Kier molecular flexibility index (Phi) is 4.36. The fraction of sp³-hybridized carbons (Fsp3) is 0.174. The largest absolute Gasteiger partial charge is 0.461 e. The SMILES string of the molecule is C=CCN1CCc2cc(C(=O)C3Nc4ccccc4O3)sc2-c2ccc(F)cc21. The van der Waals surface area contributed by atoms with Gasteiger partial charge in [0.25, 0.3) is 0 Å². The van der Waals surface area contributed by atoms with Crippen molar-refractivity contribution in [2.24, 2.45) is 0 Å². The van der Waals surface area contributed by atoms with Crippen LogP contribution in [0.15, 0.2) is 61.2 Å². The van der Waals surface area contributed by atoms with Gasteiger partial charge < -0.3 is 15.0 Å². The first-order valence-corrected chi connectivity index (χ1v) is 10.3. The molecule has 2 aliphatic heterocycles. The highest BCUT2D eigenvalue weighted by molar-refractivity contribution is 7.17. The van der Waals surface area contributed by atoms with E-state index in [1.807, 2.05) is 36.4 Å². The average molecular weight is 406 g/mol. The first-order valence-electron chi connectivity index (χ1n) is 9.49. The standard InChI is InChI=1S/C23H19FN2O2S/c1-2-10-26-11-9-14-12-20(29-22(14)16-8-7-15(24)13-18(16)26)21(27)23-25-17-5-3-4-6-19(17)28-23/h2-8,12-13,23,25H,1,9-11H2. The predicted octanol–water partition coefficient (Wildman–Crippen LogP) is 5.12. The lowest BCUT2D eigenvalue weighted by Gasteiger charge is -2.23. The van der Waals surface area contributed by atoms with Gasteiger partial charge in [-0.1, -0.05) is 18.2 Å². The summed E-state index contributed by atoms with van der Waals surface area (Å²) in [7, 11) is 0. The fourth-order valence-corrected chi connectivity index (χ4v) is 5.08. The molecule has 0 spiro atoms. The molecule has 6 heteroatoms. The molecule has 0 radical (unpaired) electrons. The Morgan fingerprint density at radius 1 is 1.31 bits per heavy atom. The zero-order valence-electron chi connectivity index (χ0n) is 15.7. The molecular weight excluding hydrogens is 387 g/mol. The smallest absolute Gasteiger partial charge is 0.235 e. The number of carbonyl (C=O) groups is 1. The highest BCUT2D eigenvalue weighted by atomic mass is 32.1. The Labute approximate surface area is 172 Å². The zero-order chi connectivity index (χ0) is 20.0. The topological polar surface area (TPSA) is 41.6 Å². The number of nitrogens with one attached hydrogen (secondary N) is 1. The van der Waals surface area contributed by atoms with Gasteiger partial charge in [0.15, 0.2) is 0 Å². The highest BCUT2D eigenvalue weighted by Gasteiger charge is 2.31. The fourth-order valence-electron chi connectivity index (χ4n) is 3.88. The van der Waals surface area contributed by atoms with E-state index in [0.717, 1.165) is 40.3 Å². The number of ketones is 1. The number of Topliss-reactive ketones (excluding diaryl/α,β-unsaturated/α-hetero) is 1. The number of carbonyl (C=O) groups excluding carboxylic acids is 1. The maximum Gasteiger partial charge on any atom is 0.235 e. The number of fused-ring (bicyclic) bond motifs is 4. The van der Waals surface area contributed by atoms with E-state index in [-0.39, 0.29) is 11.6 Å². The molecule has 3 heterocycles. The summed E-state index contributed by atoms with van der Waals surface area (Å²) in [5.74, 6) is 0.325. The Morgan fingerprint density at radius 3 is 3.00 bits per heavy atom. The zero-order valence-corrected chi connectivity index (χ0v) is 16.5. The van der Waals surface area contributed by atoms with Gasteiger partial charge in [-0.15, -0.1) is 17.9 Å². The van der Waals surface area contributed by atoms with E-state index >= 15 is 0 Å². The monoisotopic (exact) mass is 406 g/mol. The second-order valence-electron chi connectivity index (χ2n) is 7.11. The van der Waals surface area contributed by atoms with E-state index in [4.69, 9.17) is 4.74 Å². The number of nitrogens with zero attached hydrogens (tertiary/aromatic N) is 1. The summed E-state index contributed by atoms with van der Waals surface area (Å²) in [6, 6.07) is 14.3. The molecule has 1 aromatic heterocycles. The van der Waals surface area contributed by atoms with Gasteiger partial charge in [0.05, 0.1) is 10.6 Å². The minimum Gasteiger partial charge on any atom is -0.461 e. The van der Waals surface area contributed by atoms with Crippen LogP contribution in [0, 0.1) is 5.82 Å². The summed E-state index contributed by atoms with van der Waals surface area (Å²) in [5.41, 5.74) is 3.72. The van der Waals surface area contributed by atoms with Crippen molar-refractivity contribution in [3.8, 4) is 16.2 Å². The number of thiophene rings is 1. The molecule has 1 N–H and O–H groups in total. The van der Waals surface area contributed by atoms with Crippen LogP contribution in [0.3, 0.4) is 0 Å².